The van der Waals surface area contributed by atoms with Gasteiger partial charge in [-0.2, -0.15) is 15.0 Å². The maximum atomic E-state index is 14.0. The first kappa shape index (κ1) is 23.6. The molecule has 1 aliphatic rings. The Morgan fingerprint density at radius 1 is 1.17 bits per heavy atom. The molecule has 1 aliphatic heterocycles. The third-order valence-corrected chi connectivity index (χ3v) is 7.33. The van der Waals surface area contributed by atoms with Crippen molar-refractivity contribution in [3.63, 3.8) is 0 Å². The molecule has 0 spiro atoms. The van der Waals surface area contributed by atoms with E-state index in [1.807, 2.05) is 11.8 Å². The number of nitriles is 1. The number of hydrogen-bond donors (Lipinski definition) is 0. The smallest absolute Gasteiger partial charge is 0.345 e. The molecule has 36 heavy (non-hydrogen) atoms. The Bertz CT molecular complexity index is 1560. The Kier molecular flexibility index (Phi) is 5.76. The van der Waals surface area contributed by atoms with Gasteiger partial charge >= 0.3 is 5.69 Å². The van der Waals surface area contributed by atoms with Crippen LogP contribution in [-0.4, -0.2) is 38.2 Å². The zero-order valence-electron chi connectivity index (χ0n) is 19.4. The van der Waals surface area contributed by atoms with Gasteiger partial charge in [-0.05, 0) is 50.2 Å². The van der Waals surface area contributed by atoms with Gasteiger partial charge in [-0.15, -0.1) is 0 Å². The van der Waals surface area contributed by atoms with E-state index in [-0.39, 0.29) is 17.9 Å². The fraction of sp³-hybridized carbons (Fsp3) is 0.240. The minimum Gasteiger partial charge on any atom is -0.345 e. The highest BCUT2D eigenvalue weighted by Crippen LogP contribution is 2.37. The van der Waals surface area contributed by atoms with Crippen molar-refractivity contribution in [2.45, 2.75) is 20.4 Å². The van der Waals surface area contributed by atoms with E-state index in [9.17, 15) is 23.6 Å². The van der Waals surface area contributed by atoms with Gasteiger partial charge in [0.05, 0.1) is 34.3 Å². The molecule has 1 fully saturated rings. The van der Waals surface area contributed by atoms with Gasteiger partial charge in [0.1, 0.15) is 18.0 Å². The number of rotatable bonds is 6. The quantitative estimate of drug-likeness (QED) is 0.370. The fourth-order valence-electron chi connectivity index (χ4n) is 4.09. The monoisotopic (exact) mass is 506 g/mol. The number of thiazole rings is 1. The van der Waals surface area contributed by atoms with Crippen molar-refractivity contribution >= 4 is 22.3 Å². The molecule has 3 heterocycles. The van der Waals surface area contributed by atoms with Gasteiger partial charge in [-0.3, -0.25) is 9.36 Å². The first-order valence-electron chi connectivity index (χ1n) is 11.1. The van der Waals surface area contributed by atoms with Crippen LogP contribution in [-0.2, 0) is 6.54 Å². The molecule has 0 atom stereocenters. The van der Waals surface area contributed by atoms with Crippen molar-refractivity contribution in [2.24, 2.45) is 5.41 Å². The Morgan fingerprint density at radius 2 is 1.83 bits per heavy atom. The molecule has 0 saturated carbocycles. The predicted octanol–water partition coefficient (Wildman–Crippen LogP) is 3.71. The maximum Gasteiger partial charge on any atom is 0.350 e. The highest BCUT2D eigenvalue weighted by atomic mass is 32.1. The molecule has 1 saturated heterocycles. The first-order valence-corrected chi connectivity index (χ1v) is 11.9. The molecule has 0 aliphatic carbocycles. The summed E-state index contributed by atoms with van der Waals surface area (Å²) in [6.45, 7) is 4.51. The summed E-state index contributed by atoms with van der Waals surface area (Å²) >= 11 is 1.29. The third-order valence-electron chi connectivity index (χ3n) is 6.11. The van der Waals surface area contributed by atoms with Crippen molar-refractivity contribution in [1.82, 2.24) is 19.3 Å². The second-order valence-electron chi connectivity index (χ2n) is 8.97. The summed E-state index contributed by atoms with van der Waals surface area (Å²) in [7, 11) is 0. The van der Waals surface area contributed by atoms with E-state index in [2.05, 4.69) is 16.2 Å². The molecule has 2 aromatic carbocycles. The lowest BCUT2D eigenvalue weighted by molar-refractivity contribution is 0.104. The second kappa shape index (κ2) is 8.80. The number of aromatic nitrogens is 4. The number of ketones is 1. The van der Waals surface area contributed by atoms with Crippen molar-refractivity contribution in [1.29, 1.82) is 5.26 Å². The number of anilines is 1. The van der Waals surface area contributed by atoms with E-state index < -0.39 is 22.7 Å². The average Bonchev–Trinajstić information content (AvgIpc) is 3.41. The van der Waals surface area contributed by atoms with Gasteiger partial charge in [-0.25, -0.2) is 18.6 Å². The van der Waals surface area contributed by atoms with Crippen molar-refractivity contribution < 1.29 is 13.6 Å². The molecule has 5 rings (SSSR count). The van der Waals surface area contributed by atoms with Gasteiger partial charge in [0.15, 0.2) is 5.13 Å². The number of carbonyl (C=O) groups excluding carboxylic acids is 1. The molecule has 0 bridgehead atoms. The number of nitrogens with zero attached hydrogens (tertiary/aromatic N) is 6. The summed E-state index contributed by atoms with van der Waals surface area (Å²) in [4.78, 5) is 32.9. The van der Waals surface area contributed by atoms with Gasteiger partial charge in [-0.1, -0.05) is 17.4 Å². The third kappa shape index (κ3) is 4.09. The van der Waals surface area contributed by atoms with E-state index in [1.54, 1.807) is 31.2 Å². The van der Waals surface area contributed by atoms with Crippen LogP contribution in [0.25, 0.3) is 5.69 Å². The van der Waals surface area contributed by atoms with Gasteiger partial charge in [0, 0.05) is 24.2 Å². The summed E-state index contributed by atoms with van der Waals surface area (Å²) in [5.41, 5.74) is 0.248. The summed E-state index contributed by atoms with van der Waals surface area (Å²) in [6, 6.07) is 12.2. The molecule has 4 aromatic rings. The lowest BCUT2D eigenvalue weighted by Gasteiger charge is -2.43. The molecule has 0 N–H and O–H groups in total. The number of halogens is 2. The molecule has 0 unspecified atom stereocenters. The molecule has 182 valence electrons. The van der Waals surface area contributed by atoms with Gasteiger partial charge in [0.25, 0.3) is 0 Å². The highest BCUT2D eigenvalue weighted by molar-refractivity contribution is 7.17. The van der Waals surface area contributed by atoms with Crippen molar-refractivity contribution in [3.8, 4) is 11.8 Å². The second-order valence-corrected chi connectivity index (χ2v) is 9.95. The Labute approximate surface area is 208 Å². The minimum absolute atomic E-state index is 0.195. The Balaban J connectivity index is 1.34. The van der Waals surface area contributed by atoms with Crippen LogP contribution in [0.3, 0.4) is 0 Å². The molecular weight excluding hydrogens is 486 g/mol. The molecule has 0 radical (unpaired) electrons. The van der Waals surface area contributed by atoms with Gasteiger partial charge in [0.2, 0.25) is 5.78 Å². The Hall–Kier alpha value is -4.17. The predicted molar refractivity (Wildman–Crippen MR) is 130 cm³/mol. The summed E-state index contributed by atoms with van der Waals surface area (Å²) in [5, 5.41) is 14.0. The normalized spacial score (nSPS) is 14.4. The van der Waals surface area contributed by atoms with E-state index in [0.717, 1.165) is 21.4 Å². The molecule has 11 heteroatoms. The first-order chi connectivity index (χ1) is 17.2. The summed E-state index contributed by atoms with van der Waals surface area (Å²) in [5.74, 6) is -1.68. The largest absolute Gasteiger partial charge is 0.350 e. The van der Waals surface area contributed by atoms with Crippen LogP contribution in [0.1, 0.15) is 33.4 Å². The lowest BCUT2D eigenvalue weighted by Crippen LogP contribution is -2.54. The Morgan fingerprint density at radius 3 is 2.47 bits per heavy atom. The zero-order valence-corrected chi connectivity index (χ0v) is 20.2. The lowest BCUT2D eigenvalue weighted by atomic mass is 9.84. The van der Waals surface area contributed by atoms with Crippen LogP contribution in [0, 0.1) is 35.3 Å². The van der Waals surface area contributed by atoms with Crippen LogP contribution < -0.4 is 10.6 Å². The molecule has 2 aromatic heterocycles. The van der Waals surface area contributed by atoms with Crippen LogP contribution in [0.5, 0.6) is 0 Å². The van der Waals surface area contributed by atoms with Crippen molar-refractivity contribution in [2.75, 3.05) is 18.0 Å². The topological polar surface area (TPSA) is 96.8 Å². The summed E-state index contributed by atoms with van der Waals surface area (Å²) in [6.07, 6.45) is 1.21. The van der Waals surface area contributed by atoms with Crippen molar-refractivity contribution in [3.05, 3.63) is 92.6 Å². The van der Waals surface area contributed by atoms with Crippen LogP contribution in [0.2, 0.25) is 0 Å². The van der Waals surface area contributed by atoms with E-state index >= 15 is 0 Å². The number of benzene rings is 2. The number of hydrogen-bond acceptors (Lipinski definition) is 7. The number of carbonyl (C=O) groups is 1. The van der Waals surface area contributed by atoms with Crippen LogP contribution in [0.4, 0.5) is 13.9 Å². The zero-order chi connectivity index (χ0) is 25.6. The molecule has 0 amide bonds. The molecular formula is C25H20F2N6O2S. The van der Waals surface area contributed by atoms with Crippen LogP contribution >= 0.6 is 11.3 Å². The summed E-state index contributed by atoms with van der Waals surface area (Å²) < 4.78 is 30.1. The SMILES string of the molecule is Cc1nc(N2CC(C)(C#N)C2)sc1C(=O)c1ccc(-n2ncn(Cc3c(F)cccc3F)c2=O)cc1. The van der Waals surface area contributed by atoms with E-state index in [4.69, 9.17) is 0 Å². The maximum absolute atomic E-state index is 14.0. The number of aryl methyl sites for hydroxylation is 1. The van der Waals surface area contributed by atoms with E-state index in [0.29, 0.717) is 40.0 Å². The van der Waals surface area contributed by atoms with Crippen LogP contribution in [0.15, 0.2) is 53.6 Å². The fourth-order valence-corrected chi connectivity index (χ4v) is 5.12. The van der Waals surface area contributed by atoms with Gasteiger partial charge < -0.3 is 4.90 Å². The molecule has 8 nitrogen and oxygen atoms in total. The van der Waals surface area contributed by atoms with E-state index in [1.165, 1.54) is 23.7 Å². The standard InChI is InChI=1S/C25H20F2N6O2S/c1-15-22(36-23(30-15)32-12-25(2,11-28)13-32)21(34)16-6-8-17(9-7-16)33-24(35)31(14-29-33)10-18-19(26)4-3-5-20(18)27/h3-9,14H,10,12-13H2,1-2H3. The highest BCUT2D eigenvalue weighted by Gasteiger charge is 2.40. The minimum atomic E-state index is -0.743. The average molecular weight is 507 g/mol.